The number of methoxy groups -OCH3 is 1. The van der Waals surface area contributed by atoms with Gasteiger partial charge in [-0.1, -0.05) is 18.2 Å². The largest absolute Gasteiger partial charge is 0.493 e. The van der Waals surface area contributed by atoms with Crippen LogP contribution in [0.15, 0.2) is 24.3 Å². The number of hydroxylamine groups is 2. The van der Waals surface area contributed by atoms with E-state index in [0.717, 1.165) is 11.3 Å². The minimum absolute atomic E-state index is 0.0226. The predicted molar refractivity (Wildman–Crippen MR) is 83.8 cm³/mol. The van der Waals surface area contributed by atoms with Gasteiger partial charge < -0.3 is 9.47 Å². The first-order valence-electron chi connectivity index (χ1n) is 8.44. The van der Waals surface area contributed by atoms with Crippen molar-refractivity contribution in [3.63, 3.8) is 0 Å². The van der Waals surface area contributed by atoms with Crippen LogP contribution in [-0.4, -0.2) is 37.3 Å². The lowest BCUT2D eigenvalue weighted by Crippen LogP contribution is -2.37. The van der Waals surface area contributed by atoms with Crippen molar-refractivity contribution >= 4 is 11.9 Å². The van der Waals surface area contributed by atoms with Gasteiger partial charge in [0, 0.05) is 17.4 Å². The van der Waals surface area contributed by atoms with Crippen LogP contribution in [0.1, 0.15) is 30.9 Å². The monoisotopic (exact) mass is 331 g/mol. The predicted octanol–water partition coefficient (Wildman–Crippen LogP) is 2.10. The second-order valence-corrected chi connectivity index (χ2v) is 6.74. The first kappa shape index (κ1) is 15.4. The first-order chi connectivity index (χ1) is 11.7. The Morgan fingerprint density at radius 1 is 1.17 bits per heavy atom. The van der Waals surface area contributed by atoms with Crippen LogP contribution in [0.5, 0.6) is 5.75 Å². The Kier molecular flexibility index (Phi) is 3.92. The fourth-order valence-electron chi connectivity index (χ4n) is 4.08. The zero-order valence-electron chi connectivity index (χ0n) is 13.6. The summed E-state index contributed by atoms with van der Waals surface area (Å²) >= 11 is 0. The number of nitrogens with zero attached hydrogens (tertiary/aromatic N) is 1. The standard InChI is InChI=1S/C18H21NO5/c1-22-18(21)12-7-6-11(8-12)17(20)19-16-13(10-24-19)9-23-15-5-3-2-4-14(15)16/h2-5,11-13,16H,6-10H2,1H3/t11-,12+,13-,16+/m0/s1. The molecule has 6 nitrogen and oxygen atoms in total. The van der Waals surface area contributed by atoms with Gasteiger partial charge in [0.05, 0.1) is 32.3 Å². The van der Waals surface area contributed by atoms with Gasteiger partial charge in [0.2, 0.25) is 5.91 Å². The molecule has 0 bridgehead atoms. The van der Waals surface area contributed by atoms with Crippen LogP contribution in [0.2, 0.25) is 0 Å². The summed E-state index contributed by atoms with van der Waals surface area (Å²) in [4.78, 5) is 30.4. The smallest absolute Gasteiger partial charge is 0.308 e. The molecule has 1 aliphatic carbocycles. The van der Waals surface area contributed by atoms with Gasteiger partial charge in [0.25, 0.3) is 0 Å². The Morgan fingerprint density at radius 2 is 1.96 bits per heavy atom. The molecule has 1 amide bonds. The lowest BCUT2D eigenvalue weighted by Gasteiger charge is -2.32. The molecule has 0 unspecified atom stereocenters. The number of fused-ring (bicyclic) bond motifs is 3. The summed E-state index contributed by atoms with van der Waals surface area (Å²) in [7, 11) is 1.39. The van der Waals surface area contributed by atoms with Gasteiger partial charge in [-0.3, -0.25) is 14.4 Å². The van der Waals surface area contributed by atoms with Crippen LogP contribution < -0.4 is 4.74 Å². The molecule has 1 saturated heterocycles. The summed E-state index contributed by atoms with van der Waals surface area (Å²) < 4.78 is 10.6. The summed E-state index contributed by atoms with van der Waals surface area (Å²) in [6.45, 7) is 1.04. The van der Waals surface area contributed by atoms with Gasteiger partial charge in [-0.2, -0.15) is 0 Å². The summed E-state index contributed by atoms with van der Waals surface area (Å²) in [6.07, 6.45) is 1.94. The number of esters is 1. The highest BCUT2D eigenvalue weighted by Gasteiger charge is 2.47. The van der Waals surface area contributed by atoms with Crippen LogP contribution in [0, 0.1) is 17.8 Å². The van der Waals surface area contributed by atoms with Gasteiger partial charge in [-0.05, 0) is 25.3 Å². The number of hydrogen-bond donors (Lipinski definition) is 0. The Hall–Kier alpha value is -2.08. The minimum atomic E-state index is -0.220. The van der Waals surface area contributed by atoms with E-state index in [4.69, 9.17) is 14.3 Å². The van der Waals surface area contributed by atoms with Crippen molar-refractivity contribution in [2.24, 2.45) is 17.8 Å². The van der Waals surface area contributed by atoms with Gasteiger partial charge in [0.1, 0.15) is 5.75 Å². The fraction of sp³-hybridized carbons (Fsp3) is 0.556. The molecule has 6 heteroatoms. The van der Waals surface area contributed by atoms with E-state index in [1.807, 2.05) is 24.3 Å². The molecule has 0 N–H and O–H groups in total. The molecule has 128 valence electrons. The highest BCUT2D eigenvalue weighted by atomic mass is 16.7. The molecule has 2 aliphatic heterocycles. The Balaban J connectivity index is 1.53. The van der Waals surface area contributed by atoms with E-state index in [2.05, 4.69) is 0 Å². The minimum Gasteiger partial charge on any atom is -0.493 e. The highest BCUT2D eigenvalue weighted by Crippen LogP contribution is 2.45. The van der Waals surface area contributed by atoms with Crippen molar-refractivity contribution < 1.29 is 23.9 Å². The van der Waals surface area contributed by atoms with Crippen molar-refractivity contribution in [3.05, 3.63) is 29.8 Å². The molecule has 0 spiro atoms. The number of carbonyl (C=O) groups excluding carboxylic acids is 2. The average molecular weight is 331 g/mol. The van der Waals surface area contributed by atoms with Crippen LogP contribution in [0.4, 0.5) is 0 Å². The van der Waals surface area contributed by atoms with E-state index >= 15 is 0 Å². The maximum atomic E-state index is 13.0. The SMILES string of the molecule is COC(=O)[C@@H]1CC[C@H](C(=O)N2OC[C@@H]3COc4ccccc4[C@@H]32)C1. The lowest BCUT2D eigenvalue weighted by atomic mass is 9.91. The molecular weight excluding hydrogens is 310 g/mol. The number of carbonyl (C=O) groups is 2. The van der Waals surface area contributed by atoms with Crippen LogP contribution in [0.25, 0.3) is 0 Å². The molecule has 4 atom stereocenters. The number of hydrogen-bond acceptors (Lipinski definition) is 5. The second-order valence-electron chi connectivity index (χ2n) is 6.74. The normalized spacial score (nSPS) is 31.1. The molecule has 1 saturated carbocycles. The number of ether oxygens (including phenoxy) is 2. The number of amides is 1. The summed E-state index contributed by atoms with van der Waals surface area (Å²) in [5.41, 5.74) is 1.00. The van der Waals surface area contributed by atoms with Crippen molar-refractivity contribution in [1.29, 1.82) is 0 Å². The maximum absolute atomic E-state index is 13.0. The molecule has 3 aliphatic rings. The fourth-order valence-corrected chi connectivity index (χ4v) is 4.08. The van der Waals surface area contributed by atoms with E-state index in [1.165, 1.54) is 12.2 Å². The third-order valence-corrected chi connectivity index (χ3v) is 5.35. The van der Waals surface area contributed by atoms with Gasteiger partial charge in [-0.15, -0.1) is 0 Å². The van der Waals surface area contributed by atoms with Crippen LogP contribution in [0.3, 0.4) is 0 Å². The molecule has 24 heavy (non-hydrogen) atoms. The molecule has 2 fully saturated rings. The van der Waals surface area contributed by atoms with Gasteiger partial charge >= 0.3 is 5.97 Å². The maximum Gasteiger partial charge on any atom is 0.308 e. The van der Waals surface area contributed by atoms with Crippen LogP contribution in [-0.2, 0) is 19.2 Å². The Bertz CT molecular complexity index is 661. The third kappa shape index (κ3) is 2.45. The van der Waals surface area contributed by atoms with Crippen LogP contribution >= 0.6 is 0 Å². The van der Waals surface area contributed by atoms with Crippen molar-refractivity contribution in [2.45, 2.75) is 25.3 Å². The molecule has 1 aromatic rings. The third-order valence-electron chi connectivity index (χ3n) is 5.35. The molecular formula is C18H21NO5. The molecule has 2 heterocycles. The zero-order chi connectivity index (χ0) is 16.7. The van der Waals surface area contributed by atoms with E-state index < -0.39 is 0 Å². The van der Waals surface area contributed by atoms with E-state index in [9.17, 15) is 9.59 Å². The van der Waals surface area contributed by atoms with E-state index in [1.54, 1.807) is 0 Å². The number of para-hydroxylation sites is 1. The Labute approximate surface area is 140 Å². The summed E-state index contributed by atoms with van der Waals surface area (Å²) in [5, 5.41) is 1.54. The average Bonchev–Trinajstić information content (AvgIpc) is 3.27. The zero-order valence-corrected chi connectivity index (χ0v) is 13.6. The van der Waals surface area contributed by atoms with Gasteiger partial charge in [-0.25, -0.2) is 5.06 Å². The molecule has 0 aromatic heterocycles. The highest BCUT2D eigenvalue weighted by molar-refractivity contribution is 5.81. The number of benzene rings is 1. The quantitative estimate of drug-likeness (QED) is 0.777. The lowest BCUT2D eigenvalue weighted by molar-refractivity contribution is -0.182. The van der Waals surface area contributed by atoms with Crippen molar-refractivity contribution in [3.8, 4) is 5.75 Å². The van der Waals surface area contributed by atoms with Crippen molar-refractivity contribution in [1.82, 2.24) is 5.06 Å². The first-order valence-corrected chi connectivity index (χ1v) is 8.44. The van der Waals surface area contributed by atoms with E-state index in [-0.39, 0.29) is 35.7 Å². The number of rotatable bonds is 2. The molecule has 0 radical (unpaired) electrons. The Morgan fingerprint density at radius 3 is 2.79 bits per heavy atom. The van der Waals surface area contributed by atoms with Crippen molar-refractivity contribution in [2.75, 3.05) is 20.3 Å². The topological polar surface area (TPSA) is 65.1 Å². The van der Waals surface area contributed by atoms with Gasteiger partial charge in [0.15, 0.2) is 0 Å². The summed E-state index contributed by atoms with van der Waals surface area (Å²) in [5.74, 6) is 0.377. The molecule has 1 aromatic carbocycles. The second kappa shape index (κ2) is 6.09. The summed E-state index contributed by atoms with van der Waals surface area (Å²) in [6, 6.07) is 7.70. The van der Waals surface area contributed by atoms with E-state index in [0.29, 0.717) is 32.5 Å². The molecule has 4 rings (SSSR count).